The molecule has 76 valence electrons. The van der Waals surface area contributed by atoms with Crippen molar-refractivity contribution in [3.05, 3.63) is 23.8 Å². The lowest BCUT2D eigenvalue weighted by Crippen LogP contribution is -2.05. The summed E-state index contributed by atoms with van der Waals surface area (Å²) < 4.78 is 0. The fourth-order valence-electron chi connectivity index (χ4n) is 1.57. The monoisotopic (exact) mass is 190 g/mol. The van der Waals surface area contributed by atoms with E-state index >= 15 is 0 Å². The van der Waals surface area contributed by atoms with Gasteiger partial charge in [-0.1, -0.05) is 13.0 Å². The Kier molecular flexibility index (Phi) is 2.62. The van der Waals surface area contributed by atoms with E-state index in [2.05, 4.69) is 30.4 Å². The molecular weight excluding hydrogens is 172 g/mol. The van der Waals surface area contributed by atoms with Crippen molar-refractivity contribution in [2.24, 2.45) is 5.92 Å². The van der Waals surface area contributed by atoms with E-state index in [9.17, 15) is 0 Å². The Morgan fingerprint density at radius 2 is 2.21 bits per heavy atom. The average Bonchev–Trinajstić information content (AvgIpc) is 2.99. The van der Waals surface area contributed by atoms with E-state index in [4.69, 9.17) is 5.73 Å². The summed E-state index contributed by atoms with van der Waals surface area (Å²) in [5.41, 5.74) is 9.22. The van der Waals surface area contributed by atoms with Crippen LogP contribution in [0, 0.1) is 5.92 Å². The largest absolute Gasteiger partial charge is 0.397 e. The molecule has 1 aromatic carbocycles. The van der Waals surface area contributed by atoms with Crippen LogP contribution in [0.1, 0.15) is 25.3 Å². The summed E-state index contributed by atoms with van der Waals surface area (Å²) in [5, 5.41) is 3.40. The van der Waals surface area contributed by atoms with Gasteiger partial charge >= 0.3 is 0 Å². The summed E-state index contributed by atoms with van der Waals surface area (Å²) in [6, 6.07) is 6.30. The molecule has 0 amide bonds. The summed E-state index contributed by atoms with van der Waals surface area (Å²) in [6.07, 6.45) is 3.80. The number of benzene rings is 1. The third-order valence-electron chi connectivity index (χ3n) is 2.80. The Labute approximate surface area is 85.5 Å². The summed E-state index contributed by atoms with van der Waals surface area (Å²) >= 11 is 0. The molecule has 0 unspecified atom stereocenters. The number of hydrogen-bond acceptors (Lipinski definition) is 2. The third kappa shape index (κ3) is 2.19. The Balaban J connectivity index is 2.01. The molecule has 0 saturated heterocycles. The lowest BCUT2D eigenvalue weighted by atomic mass is 10.1. The molecule has 0 heterocycles. The number of hydrogen-bond donors (Lipinski definition) is 2. The molecule has 1 aliphatic carbocycles. The normalized spacial score (nSPS) is 15.5. The second-order valence-electron chi connectivity index (χ2n) is 4.10. The number of rotatable bonds is 4. The van der Waals surface area contributed by atoms with Gasteiger partial charge in [-0.05, 0) is 42.9 Å². The topological polar surface area (TPSA) is 38.0 Å². The predicted octanol–water partition coefficient (Wildman–Crippen LogP) is 2.65. The lowest BCUT2D eigenvalue weighted by molar-refractivity contribution is 0.889. The quantitative estimate of drug-likeness (QED) is 0.716. The molecular formula is C12H18N2. The summed E-state index contributed by atoms with van der Waals surface area (Å²) in [6.45, 7) is 3.22. The molecule has 1 saturated carbocycles. The molecule has 0 aromatic heterocycles. The Hall–Kier alpha value is -1.18. The highest BCUT2D eigenvalue weighted by atomic mass is 14.9. The molecule has 0 radical (unpaired) electrons. The highest BCUT2D eigenvalue weighted by molar-refractivity contribution is 5.67. The Morgan fingerprint density at radius 1 is 1.43 bits per heavy atom. The van der Waals surface area contributed by atoms with E-state index in [1.54, 1.807) is 0 Å². The number of nitrogens with one attached hydrogen (secondary N) is 1. The van der Waals surface area contributed by atoms with Crippen molar-refractivity contribution < 1.29 is 0 Å². The van der Waals surface area contributed by atoms with Crippen molar-refractivity contribution in [2.75, 3.05) is 17.6 Å². The zero-order valence-corrected chi connectivity index (χ0v) is 8.72. The lowest BCUT2D eigenvalue weighted by Gasteiger charge is -2.09. The number of anilines is 2. The SMILES string of the molecule is CCc1ccc(NCC2CC2)c(N)c1. The summed E-state index contributed by atoms with van der Waals surface area (Å²) in [7, 11) is 0. The van der Waals surface area contributed by atoms with Gasteiger partial charge in [-0.2, -0.15) is 0 Å². The van der Waals surface area contributed by atoms with Gasteiger partial charge in [0.1, 0.15) is 0 Å². The van der Waals surface area contributed by atoms with Crippen LogP contribution in [0.3, 0.4) is 0 Å². The maximum atomic E-state index is 5.94. The number of nitrogens with two attached hydrogens (primary N) is 1. The van der Waals surface area contributed by atoms with Crippen LogP contribution in [0.25, 0.3) is 0 Å². The average molecular weight is 190 g/mol. The molecule has 14 heavy (non-hydrogen) atoms. The molecule has 2 rings (SSSR count). The third-order valence-corrected chi connectivity index (χ3v) is 2.80. The van der Waals surface area contributed by atoms with Crippen molar-refractivity contribution in [1.29, 1.82) is 0 Å². The first-order chi connectivity index (χ1) is 6.79. The van der Waals surface area contributed by atoms with Crippen molar-refractivity contribution in [1.82, 2.24) is 0 Å². The van der Waals surface area contributed by atoms with Gasteiger partial charge in [0.05, 0.1) is 11.4 Å². The Morgan fingerprint density at radius 3 is 2.79 bits per heavy atom. The number of aryl methyl sites for hydroxylation is 1. The van der Waals surface area contributed by atoms with Crippen LogP contribution in [-0.2, 0) is 6.42 Å². The van der Waals surface area contributed by atoms with E-state index in [0.29, 0.717) is 0 Å². The van der Waals surface area contributed by atoms with E-state index in [0.717, 1.165) is 30.3 Å². The van der Waals surface area contributed by atoms with Gasteiger partial charge < -0.3 is 11.1 Å². The molecule has 0 bridgehead atoms. The molecule has 0 spiro atoms. The fraction of sp³-hybridized carbons (Fsp3) is 0.500. The first kappa shape index (κ1) is 9.38. The first-order valence-electron chi connectivity index (χ1n) is 5.42. The van der Waals surface area contributed by atoms with Crippen molar-refractivity contribution >= 4 is 11.4 Å². The zero-order valence-electron chi connectivity index (χ0n) is 8.72. The van der Waals surface area contributed by atoms with E-state index in [1.807, 2.05) is 0 Å². The smallest absolute Gasteiger partial charge is 0.0574 e. The number of nitrogen functional groups attached to an aromatic ring is 1. The molecule has 1 fully saturated rings. The van der Waals surface area contributed by atoms with Crippen LogP contribution in [0.4, 0.5) is 11.4 Å². The predicted molar refractivity (Wildman–Crippen MR) is 61.4 cm³/mol. The van der Waals surface area contributed by atoms with Crippen LogP contribution < -0.4 is 11.1 Å². The van der Waals surface area contributed by atoms with Gasteiger partial charge in [-0.15, -0.1) is 0 Å². The second kappa shape index (κ2) is 3.91. The molecule has 0 aliphatic heterocycles. The van der Waals surface area contributed by atoms with Gasteiger partial charge in [0.15, 0.2) is 0 Å². The van der Waals surface area contributed by atoms with Crippen molar-refractivity contribution in [2.45, 2.75) is 26.2 Å². The van der Waals surface area contributed by atoms with Crippen LogP contribution in [0.5, 0.6) is 0 Å². The van der Waals surface area contributed by atoms with Gasteiger partial charge in [0, 0.05) is 6.54 Å². The van der Waals surface area contributed by atoms with Crippen molar-refractivity contribution in [3.8, 4) is 0 Å². The van der Waals surface area contributed by atoms with Crippen LogP contribution in [-0.4, -0.2) is 6.54 Å². The Bertz CT molecular complexity index is 316. The molecule has 1 aromatic rings. The van der Waals surface area contributed by atoms with Gasteiger partial charge in [-0.25, -0.2) is 0 Å². The van der Waals surface area contributed by atoms with Crippen molar-refractivity contribution in [3.63, 3.8) is 0 Å². The van der Waals surface area contributed by atoms with Gasteiger partial charge in [0.2, 0.25) is 0 Å². The first-order valence-corrected chi connectivity index (χ1v) is 5.42. The molecule has 2 heteroatoms. The second-order valence-corrected chi connectivity index (χ2v) is 4.10. The van der Waals surface area contributed by atoms with E-state index in [1.165, 1.54) is 18.4 Å². The van der Waals surface area contributed by atoms with Crippen LogP contribution >= 0.6 is 0 Å². The maximum absolute atomic E-state index is 5.94. The van der Waals surface area contributed by atoms with Crippen LogP contribution in [0.2, 0.25) is 0 Å². The van der Waals surface area contributed by atoms with Gasteiger partial charge in [0.25, 0.3) is 0 Å². The summed E-state index contributed by atoms with van der Waals surface area (Å²) in [5.74, 6) is 0.889. The fourth-order valence-corrected chi connectivity index (χ4v) is 1.57. The molecule has 2 nitrogen and oxygen atoms in total. The molecule has 3 N–H and O–H groups in total. The minimum atomic E-state index is 0.880. The standard InChI is InChI=1S/C12H18N2/c1-2-9-5-6-12(11(13)7-9)14-8-10-3-4-10/h5-7,10,14H,2-4,8,13H2,1H3. The van der Waals surface area contributed by atoms with Gasteiger partial charge in [-0.3, -0.25) is 0 Å². The maximum Gasteiger partial charge on any atom is 0.0574 e. The minimum Gasteiger partial charge on any atom is -0.397 e. The van der Waals surface area contributed by atoms with E-state index in [-0.39, 0.29) is 0 Å². The molecule has 0 atom stereocenters. The highest BCUT2D eigenvalue weighted by Gasteiger charge is 2.20. The van der Waals surface area contributed by atoms with E-state index < -0.39 is 0 Å². The highest BCUT2D eigenvalue weighted by Crippen LogP contribution is 2.30. The zero-order chi connectivity index (χ0) is 9.97. The summed E-state index contributed by atoms with van der Waals surface area (Å²) in [4.78, 5) is 0. The van der Waals surface area contributed by atoms with Crippen LogP contribution in [0.15, 0.2) is 18.2 Å². The minimum absolute atomic E-state index is 0.880. The molecule has 1 aliphatic rings.